The highest BCUT2D eigenvalue weighted by atomic mass is 35.5. The number of rotatable bonds is 9. The molecule has 0 heterocycles. The lowest BCUT2D eigenvalue weighted by Gasteiger charge is -2.19. The van der Waals surface area contributed by atoms with Crippen LogP contribution in [0.5, 0.6) is 17.2 Å². The van der Waals surface area contributed by atoms with Crippen LogP contribution in [0.25, 0.3) is 6.08 Å². The summed E-state index contributed by atoms with van der Waals surface area (Å²) in [5.74, 6) is -0.606. The largest absolute Gasteiger partial charge is 0.495 e. The molecule has 11 heteroatoms. The molecule has 0 saturated heterocycles. The zero-order valence-electron chi connectivity index (χ0n) is 23.9. The minimum absolute atomic E-state index is 0.00540. The van der Waals surface area contributed by atoms with E-state index in [0.29, 0.717) is 45.3 Å². The number of halogens is 1. The fourth-order valence-corrected chi connectivity index (χ4v) is 4.75. The molecule has 1 aliphatic carbocycles. The van der Waals surface area contributed by atoms with Crippen molar-refractivity contribution in [3.63, 3.8) is 0 Å². The number of ketones is 1. The zero-order valence-corrected chi connectivity index (χ0v) is 24.7. The molecule has 4 aromatic rings. The van der Waals surface area contributed by atoms with Crippen LogP contribution in [0.15, 0.2) is 95.6 Å². The molecule has 0 saturated carbocycles. The molecule has 1 aliphatic rings. The molecule has 0 bridgehead atoms. The molecule has 2 amide bonds. The Kier molecular flexibility index (Phi) is 8.92. The van der Waals surface area contributed by atoms with Gasteiger partial charge in [-0.1, -0.05) is 54.1 Å². The van der Waals surface area contributed by atoms with Gasteiger partial charge in [0.25, 0.3) is 11.8 Å². The number of nitrogens with zero attached hydrogens (tertiary/aromatic N) is 1. The monoisotopic (exact) mass is 610 g/mol. The van der Waals surface area contributed by atoms with E-state index < -0.39 is 11.7 Å². The molecule has 0 unspecified atom stereocenters. The van der Waals surface area contributed by atoms with Crippen molar-refractivity contribution < 1.29 is 28.6 Å². The van der Waals surface area contributed by atoms with E-state index in [4.69, 9.17) is 25.8 Å². The van der Waals surface area contributed by atoms with Gasteiger partial charge in [0.2, 0.25) is 5.78 Å². The number of ether oxygens (including phenoxy) is 3. The summed E-state index contributed by atoms with van der Waals surface area (Å²) in [6.45, 7) is 0. The highest BCUT2D eigenvalue weighted by molar-refractivity contribution is 6.59. The molecular formula is C33H27ClN4O6. The van der Waals surface area contributed by atoms with E-state index in [1.165, 1.54) is 39.5 Å². The van der Waals surface area contributed by atoms with Crippen LogP contribution < -0.4 is 30.3 Å². The van der Waals surface area contributed by atoms with Gasteiger partial charge < -0.3 is 24.8 Å². The summed E-state index contributed by atoms with van der Waals surface area (Å²) < 4.78 is 16.0. The summed E-state index contributed by atoms with van der Waals surface area (Å²) in [7, 11) is 4.37. The first kappa shape index (κ1) is 29.9. The van der Waals surface area contributed by atoms with Crippen molar-refractivity contribution >= 4 is 58.0 Å². The topological polar surface area (TPSA) is 127 Å². The summed E-state index contributed by atoms with van der Waals surface area (Å²) in [6.07, 6.45) is 1.50. The van der Waals surface area contributed by atoms with E-state index in [1.807, 2.05) is 18.2 Å². The van der Waals surface area contributed by atoms with E-state index >= 15 is 0 Å². The highest BCUT2D eigenvalue weighted by Crippen LogP contribution is 2.36. The minimum atomic E-state index is -0.686. The number of fused-ring (bicyclic) bond motifs is 1. The maximum absolute atomic E-state index is 13.7. The normalized spacial score (nSPS) is 13.0. The first-order chi connectivity index (χ1) is 21.3. The third kappa shape index (κ3) is 6.25. The number of hydrogen-bond donors (Lipinski definition) is 3. The number of nitrogens with one attached hydrogen (secondary N) is 3. The van der Waals surface area contributed by atoms with Gasteiger partial charge in [-0.2, -0.15) is 5.10 Å². The lowest BCUT2D eigenvalue weighted by Crippen LogP contribution is -2.30. The second-order valence-corrected chi connectivity index (χ2v) is 9.83. The van der Waals surface area contributed by atoms with E-state index in [9.17, 15) is 14.4 Å². The van der Waals surface area contributed by atoms with E-state index in [-0.39, 0.29) is 27.9 Å². The summed E-state index contributed by atoms with van der Waals surface area (Å²) in [6, 6.07) is 23.9. The lowest BCUT2D eigenvalue weighted by atomic mass is 9.89. The van der Waals surface area contributed by atoms with Crippen LogP contribution in [0.1, 0.15) is 21.5 Å². The standard InChI is InChI=1S/C33H27ClN4O6/c1-42-27-14-13-20(32(40)35-21-10-5-4-6-11-21)16-26(27)37-38-30-22-12-8-7-9-19(22)15-23(31(30)39)33(41)36-25-17-24(34)28(43-2)18-29(25)44-3/h4-18,37H,1-3H3,(H,35,40)(H,36,41). The van der Waals surface area contributed by atoms with Crippen LogP contribution in [0.4, 0.5) is 17.1 Å². The number of hydrogen-bond acceptors (Lipinski definition) is 8. The Morgan fingerprint density at radius 3 is 2.16 bits per heavy atom. The number of carbonyl (C=O) groups is 3. The Labute approximate surface area is 258 Å². The molecule has 0 radical (unpaired) electrons. The quantitative estimate of drug-likeness (QED) is 0.156. The number of methoxy groups -OCH3 is 3. The molecule has 0 atom stereocenters. The van der Waals surface area contributed by atoms with Gasteiger partial charge in [0, 0.05) is 22.9 Å². The Balaban J connectivity index is 1.45. The molecule has 3 N–H and O–H groups in total. The number of anilines is 3. The van der Waals surface area contributed by atoms with E-state index in [0.717, 1.165) is 0 Å². The first-order valence-electron chi connectivity index (χ1n) is 13.3. The fourth-order valence-electron chi connectivity index (χ4n) is 4.51. The van der Waals surface area contributed by atoms with E-state index in [1.54, 1.807) is 54.6 Å². The van der Waals surface area contributed by atoms with Crippen LogP contribution in [0.2, 0.25) is 5.02 Å². The van der Waals surface area contributed by atoms with Crippen molar-refractivity contribution in [2.24, 2.45) is 5.10 Å². The summed E-state index contributed by atoms with van der Waals surface area (Å²) in [4.78, 5) is 40.1. The molecule has 0 aromatic heterocycles. The number of Topliss-reactive ketones (excluding diaryl/α,β-unsaturated/α-hetero) is 1. The van der Waals surface area contributed by atoms with Crippen molar-refractivity contribution in [1.82, 2.24) is 0 Å². The average Bonchev–Trinajstić information content (AvgIpc) is 3.04. The second-order valence-electron chi connectivity index (χ2n) is 9.42. The van der Waals surface area contributed by atoms with Gasteiger partial charge in [0.15, 0.2) is 0 Å². The van der Waals surface area contributed by atoms with Crippen molar-refractivity contribution in [3.8, 4) is 17.2 Å². The van der Waals surface area contributed by atoms with Gasteiger partial charge in [-0.05, 0) is 48.0 Å². The van der Waals surface area contributed by atoms with Crippen LogP contribution in [-0.4, -0.2) is 44.6 Å². The smallest absolute Gasteiger partial charge is 0.259 e. The van der Waals surface area contributed by atoms with Crippen molar-refractivity contribution in [1.29, 1.82) is 0 Å². The van der Waals surface area contributed by atoms with Crippen LogP contribution >= 0.6 is 11.6 Å². The summed E-state index contributed by atoms with van der Waals surface area (Å²) in [5.41, 5.74) is 5.40. The second kappa shape index (κ2) is 13.1. The van der Waals surface area contributed by atoms with Gasteiger partial charge >= 0.3 is 0 Å². The Hall–Kier alpha value is -5.61. The molecule has 222 valence electrons. The Morgan fingerprint density at radius 1 is 0.727 bits per heavy atom. The SMILES string of the molecule is COc1cc(OC)c(NC(=O)C2=Cc3ccccc3C(=NNc3cc(C(=O)Nc4ccccc4)ccc3OC)C2=O)cc1Cl. The third-order valence-electron chi connectivity index (χ3n) is 6.72. The van der Waals surface area contributed by atoms with Crippen LogP contribution in [0, 0.1) is 0 Å². The number of carbonyl (C=O) groups excluding carboxylic acids is 3. The van der Waals surface area contributed by atoms with Crippen LogP contribution in [0.3, 0.4) is 0 Å². The average molecular weight is 611 g/mol. The van der Waals surface area contributed by atoms with Crippen molar-refractivity contribution in [2.45, 2.75) is 0 Å². The lowest BCUT2D eigenvalue weighted by molar-refractivity contribution is -0.116. The molecule has 0 spiro atoms. The zero-order chi connectivity index (χ0) is 31.2. The van der Waals surface area contributed by atoms with Gasteiger partial charge in [0.05, 0.1) is 43.3 Å². The van der Waals surface area contributed by atoms with Crippen molar-refractivity contribution in [3.05, 3.63) is 112 Å². The molecule has 4 aromatic carbocycles. The fraction of sp³-hybridized carbons (Fsp3) is 0.0909. The third-order valence-corrected chi connectivity index (χ3v) is 7.02. The maximum atomic E-state index is 13.7. The number of amides is 2. The molecule has 0 aliphatic heterocycles. The molecule has 44 heavy (non-hydrogen) atoms. The predicted octanol–water partition coefficient (Wildman–Crippen LogP) is 6.04. The maximum Gasteiger partial charge on any atom is 0.259 e. The highest BCUT2D eigenvalue weighted by Gasteiger charge is 2.31. The van der Waals surface area contributed by atoms with Crippen LogP contribution in [-0.2, 0) is 9.59 Å². The van der Waals surface area contributed by atoms with Crippen molar-refractivity contribution in [2.75, 3.05) is 37.4 Å². The molecule has 5 rings (SSSR count). The van der Waals surface area contributed by atoms with Gasteiger partial charge in [-0.25, -0.2) is 0 Å². The van der Waals surface area contributed by atoms with E-state index in [2.05, 4.69) is 21.2 Å². The number of para-hydroxylation sites is 1. The number of hydrazone groups is 1. The summed E-state index contributed by atoms with van der Waals surface area (Å²) in [5, 5.41) is 10.2. The Bertz CT molecular complexity index is 1820. The Morgan fingerprint density at radius 2 is 1.43 bits per heavy atom. The predicted molar refractivity (Wildman–Crippen MR) is 170 cm³/mol. The van der Waals surface area contributed by atoms with Gasteiger partial charge in [-0.3, -0.25) is 19.8 Å². The first-order valence-corrected chi connectivity index (χ1v) is 13.7. The summed E-state index contributed by atoms with van der Waals surface area (Å²) >= 11 is 6.27. The minimum Gasteiger partial charge on any atom is -0.495 e. The molecule has 0 fully saturated rings. The molecular weight excluding hydrogens is 584 g/mol. The van der Waals surface area contributed by atoms with Gasteiger partial charge in [-0.15, -0.1) is 0 Å². The van der Waals surface area contributed by atoms with Gasteiger partial charge in [0.1, 0.15) is 23.0 Å². The molecule has 10 nitrogen and oxygen atoms in total. The number of benzene rings is 4.